The molecule has 0 atom stereocenters. The van der Waals surface area contributed by atoms with E-state index in [1.54, 1.807) is 12.3 Å². The molecule has 1 amide bonds. The summed E-state index contributed by atoms with van der Waals surface area (Å²) in [5.74, 6) is -0.165. The quantitative estimate of drug-likeness (QED) is 0.680. The lowest BCUT2D eigenvalue weighted by atomic mass is 10.3. The van der Waals surface area contributed by atoms with Gasteiger partial charge in [0.05, 0.1) is 5.69 Å². The normalized spacial score (nSPS) is 9.57. The van der Waals surface area contributed by atoms with Crippen LogP contribution in [0.2, 0.25) is 5.15 Å². The van der Waals surface area contributed by atoms with Gasteiger partial charge in [0.2, 0.25) is 5.91 Å². The fraction of sp³-hybridized carbons (Fsp3) is 0.111. The van der Waals surface area contributed by atoms with Crippen molar-refractivity contribution in [2.24, 2.45) is 0 Å². The maximum atomic E-state index is 11.2. The van der Waals surface area contributed by atoms with Crippen LogP contribution in [0.3, 0.4) is 0 Å². The minimum atomic E-state index is -0.165. The summed E-state index contributed by atoms with van der Waals surface area (Å²) in [5, 5.41) is 2.89. The van der Waals surface area contributed by atoms with Gasteiger partial charge in [-0.3, -0.25) is 4.79 Å². The minimum absolute atomic E-state index is 0.165. The van der Waals surface area contributed by atoms with Crippen molar-refractivity contribution in [3.63, 3.8) is 0 Å². The molecular weight excluding hydrogens is 267 g/mol. The van der Waals surface area contributed by atoms with Crippen LogP contribution in [0.15, 0.2) is 29.4 Å². The second-order valence-corrected chi connectivity index (χ2v) is 3.81. The Bertz CT molecular complexity index is 368. The molecule has 0 bridgehead atoms. The highest BCUT2D eigenvalue weighted by Crippen LogP contribution is 2.22. The summed E-state index contributed by atoms with van der Waals surface area (Å²) >= 11 is 9.00. The average molecular weight is 276 g/mol. The molecule has 0 fully saturated rings. The molecule has 3 nitrogen and oxygen atoms in total. The van der Waals surface area contributed by atoms with Gasteiger partial charge in [0.25, 0.3) is 0 Å². The molecule has 1 aromatic heterocycles. The molecule has 5 heteroatoms. The largest absolute Gasteiger partial charge is 0.323 e. The topological polar surface area (TPSA) is 42.0 Å². The summed E-state index contributed by atoms with van der Waals surface area (Å²) in [7, 11) is 0. The molecule has 0 aromatic carbocycles. The predicted molar refractivity (Wildman–Crippen MR) is 60.4 cm³/mol. The number of carbonyl (C=O) groups excluding carboxylic acids is 1. The van der Waals surface area contributed by atoms with Gasteiger partial charge < -0.3 is 5.32 Å². The number of pyridine rings is 1. The van der Waals surface area contributed by atoms with Crippen LogP contribution in [0.1, 0.15) is 6.42 Å². The first-order valence-corrected chi connectivity index (χ1v) is 5.02. The fourth-order valence-corrected chi connectivity index (χ4v) is 1.32. The second kappa shape index (κ2) is 5.12. The molecule has 1 rings (SSSR count). The molecule has 1 N–H and O–H groups in total. The second-order valence-electron chi connectivity index (χ2n) is 2.53. The van der Waals surface area contributed by atoms with Crippen LogP contribution in [0.4, 0.5) is 5.69 Å². The van der Waals surface area contributed by atoms with Crippen molar-refractivity contribution >= 4 is 39.1 Å². The van der Waals surface area contributed by atoms with Gasteiger partial charge in [-0.25, -0.2) is 4.98 Å². The molecular formula is C9H8BrClN2O. The Hall–Kier alpha value is -0.870. The van der Waals surface area contributed by atoms with E-state index in [0.717, 1.165) is 4.47 Å². The van der Waals surface area contributed by atoms with Crippen molar-refractivity contribution in [1.82, 2.24) is 4.98 Å². The zero-order valence-corrected chi connectivity index (χ0v) is 9.60. The molecule has 1 heterocycles. The molecule has 74 valence electrons. The first kappa shape index (κ1) is 11.2. The molecule has 0 unspecified atom stereocenters. The first-order chi connectivity index (χ1) is 6.63. The number of hydrogen-bond acceptors (Lipinski definition) is 2. The van der Waals surface area contributed by atoms with E-state index in [1.165, 1.54) is 6.08 Å². The Kier molecular flexibility index (Phi) is 4.10. The summed E-state index contributed by atoms with van der Waals surface area (Å²) in [5.41, 5.74) is 0.493. The highest BCUT2D eigenvalue weighted by Gasteiger charge is 2.05. The number of carbonyl (C=O) groups is 1. The van der Waals surface area contributed by atoms with Gasteiger partial charge in [-0.1, -0.05) is 17.7 Å². The zero-order valence-electron chi connectivity index (χ0n) is 7.26. The molecule has 1 aromatic rings. The van der Waals surface area contributed by atoms with Crippen LogP contribution in [0.5, 0.6) is 0 Å². The van der Waals surface area contributed by atoms with Gasteiger partial charge in [-0.05, 0) is 22.0 Å². The third kappa shape index (κ3) is 3.12. The van der Waals surface area contributed by atoms with E-state index in [1.807, 2.05) is 0 Å². The Balaban J connectivity index is 2.80. The number of nitrogens with one attached hydrogen (secondary N) is 1. The van der Waals surface area contributed by atoms with Gasteiger partial charge in [0.1, 0.15) is 0 Å². The molecule has 0 aliphatic carbocycles. The summed E-state index contributed by atoms with van der Waals surface area (Å²) in [6, 6.07) is 1.69. The van der Waals surface area contributed by atoms with Crippen LogP contribution in [-0.2, 0) is 4.79 Å². The maximum Gasteiger partial charge on any atom is 0.228 e. The standard InChI is InChI=1S/C9H8BrClN2O/c1-2-3-8(14)13-7-4-6(10)5-12-9(7)11/h2,4-5H,1,3H2,(H,13,14). The van der Waals surface area contributed by atoms with Crippen LogP contribution < -0.4 is 5.32 Å². The number of halogens is 2. The van der Waals surface area contributed by atoms with E-state index in [4.69, 9.17) is 11.6 Å². The van der Waals surface area contributed by atoms with Gasteiger partial charge in [0, 0.05) is 17.1 Å². The zero-order chi connectivity index (χ0) is 10.6. The molecule has 0 saturated carbocycles. The highest BCUT2D eigenvalue weighted by molar-refractivity contribution is 9.10. The lowest BCUT2D eigenvalue weighted by molar-refractivity contribution is -0.115. The van der Waals surface area contributed by atoms with E-state index < -0.39 is 0 Å². The van der Waals surface area contributed by atoms with Crippen molar-refractivity contribution in [2.45, 2.75) is 6.42 Å². The van der Waals surface area contributed by atoms with Gasteiger partial charge in [0.15, 0.2) is 5.15 Å². The van der Waals surface area contributed by atoms with E-state index >= 15 is 0 Å². The number of nitrogens with zero attached hydrogens (tertiary/aromatic N) is 1. The van der Waals surface area contributed by atoms with Crippen LogP contribution in [0, 0.1) is 0 Å². The SMILES string of the molecule is C=CCC(=O)Nc1cc(Br)cnc1Cl. The molecule has 0 aliphatic rings. The Morgan fingerprint density at radius 1 is 1.79 bits per heavy atom. The molecule has 0 spiro atoms. The average Bonchev–Trinajstić information content (AvgIpc) is 2.12. The summed E-state index contributed by atoms with van der Waals surface area (Å²) in [4.78, 5) is 15.1. The number of amides is 1. The summed E-state index contributed by atoms with van der Waals surface area (Å²) in [6.07, 6.45) is 3.34. The smallest absolute Gasteiger partial charge is 0.228 e. The maximum absolute atomic E-state index is 11.2. The van der Waals surface area contributed by atoms with Crippen molar-refractivity contribution in [3.8, 4) is 0 Å². The van der Waals surface area contributed by atoms with E-state index in [0.29, 0.717) is 5.69 Å². The highest BCUT2D eigenvalue weighted by atomic mass is 79.9. The van der Waals surface area contributed by atoms with Gasteiger partial charge in [-0.15, -0.1) is 6.58 Å². The number of aromatic nitrogens is 1. The van der Waals surface area contributed by atoms with Crippen molar-refractivity contribution in [1.29, 1.82) is 0 Å². The van der Waals surface area contributed by atoms with Gasteiger partial charge in [-0.2, -0.15) is 0 Å². The Morgan fingerprint density at radius 2 is 2.50 bits per heavy atom. The molecule has 0 radical (unpaired) electrons. The first-order valence-electron chi connectivity index (χ1n) is 3.85. The predicted octanol–water partition coefficient (Wildman–Crippen LogP) is 3.01. The van der Waals surface area contributed by atoms with Gasteiger partial charge >= 0.3 is 0 Å². The van der Waals surface area contributed by atoms with E-state index in [2.05, 4.69) is 32.8 Å². The Morgan fingerprint density at radius 3 is 3.14 bits per heavy atom. The summed E-state index contributed by atoms with van der Waals surface area (Å²) in [6.45, 7) is 3.46. The number of rotatable bonds is 3. The van der Waals surface area contributed by atoms with Crippen LogP contribution in [-0.4, -0.2) is 10.9 Å². The fourth-order valence-electron chi connectivity index (χ4n) is 0.843. The molecule has 0 aliphatic heterocycles. The summed E-state index contributed by atoms with van der Waals surface area (Å²) < 4.78 is 0.760. The van der Waals surface area contributed by atoms with Crippen molar-refractivity contribution in [3.05, 3.63) is 34.5 Å². The van der Waals surface area contributed by atoms with E-state index in [-0.39, 0.29) is 17.5 Å². The molecule has 14 heavy (non-hydrogen) atoms. The van der Waals surface area contributed by atoms with Crippen LogP contribution >= 0.6 is 27.5 Å². The van der Waals surface area contributed by atoms with E-state index in [9.17, 15) is 4.79 Å². The van der Waals surface area contributed by atoms with Crippen LogP contribution in [0.25, 0.3) is 0 Å². The number of anilines is 1. The lowest BCUT2D eigenvalue weighted by Crippen LogP contribution is -2.10. The third-order valence-electron chi connectivity index (χ3n) is 1.41. The van der Waals surface area contributed by atoms with Crippen molar-refractivity contribution in [2.75, 3.05) is 5.32 Å². The lowest BCUT2D eigenvalue weighted by Gasteiger charge is -2.05. The minimum Gasteiger partial charge on any atom is -0.323 e. The molecule has 0 saturated heterocycles. The number of hydrogen-bond donors (Lipinski definition) is 1. The Labute approximate surface area is 95.3 Å². The van der Waals surface area contributed by atoms with Crippen molar-refractivity contribution < 1.29 is 4.79 Å². The third-order valence-corrected chi connectivity index (χ3v) is 2.14. The monoisotopic (exact) mass is 274 g/mol.